The zero-order chi connectivity index (χ0) is 9.90. The van der Waals surface area contributed by atoms with Crippen LogP contribution in [0.2, 0.25) is 0 Å². The molecule has 2 nitrogen and oxygen atoms in total. The van der Waals surface area contributed by atoms with E-state index in [1.165, 1.54) is 12.2 Å². The van der Waals surface area contributed by atoms with Crippen LogP contribution in [0.1, 0.15) is 33.1 Å². The summed E-state index contributed by atoms with van der Waals surface area (Å²) in [6, 6.07) is 0. The highest BCUT2D eigenvalue weighted by Crippen LogP contribution is 2.42. The summed E-state index contributed by atoms with van der Waals surface area (Å²) in [5, 5.41) is 10.2. The maximum atomic E-state index is 10.2. The number of aliphatic hydroxyl groups excluding tert-OH is 1. The number of rotatable bonds is 4. The van der Waals surface area contributed by atoms with Crippen LogP contribution in [0.3, 0.4) is 0 Å². The van der Waals surface area contributed by atoms with E-state index in [-0.39, 0.29) is 16.8 Å². The van der Waals surface area contributed by atoms with Gasteiger partial charge in [0.2, 0.25) is 0 Å². The van der Waals surface area contributed by atoms with Crippen molar-refractivity contribution in [1.29, 1.82) is 0 Å². The number of thioether (sulfide) groups is 1. The standard InChI is InChI=1S/C10H21NOS/c1-3-8(7-11)9(12)10(2)5-4-6-13-10/h8-9,12H,3-7,11H2,1-2H3. The summed E-state index contributed by atoms with van der Waals surface area (Å²) in [5.41, 5.74) is 5.64. The Balaban J connectivity index is 2.58. The predicted molar refractivity (Wildman–Crippen MR) is 58.9 cm³/mol. The van der Waals surface area contributed by atoms with Gasteiger partial charge in [-0.25, -0.2) is 0 Å². The molecular weight excluding hydrogens is 182 g/mol. The second-order valence-electron chi connectivity index (χ2n) is 4.11. The number of nitrogens with two attached hydrogens (primary N) is 1. The van der Waals surface area contributed by atoms with Gasteiger partial charge in [-0.2, -0.15) is 11.8 Å². The van der Waals surface area contributed by atoms with Crippen LogP contribution in [-0.2, 0) is 0 Å². The predicted octanol–water partition coefficient (Wildman–Crippen LogP) is 1.62. The van der Waals surface area contributed by atoms with E-state index in [9.17, 15) is 5.11 Å². The van der Waals surface area contributed by atoms with Crippen LogP contribution in [0.25, 0.3) is 0 Å². The zero-order valence-corrected chi connectivity index (χ0v) is 9.44. The van der Waals surface area contributed by atoms with Crippen LogP contribution < -0.4 is 5.73 Å². The van der Waals surface area contributed by atoms with Crippen molar-refractivity contribution in [2.24, 2.45) is 11.7 Å². The summed E-state index contributed by atoms with van der Waals surface area (Å²) in [7, 11) is 0. The molecule has 0 radical (unpaired) electrons. The van der Waals surface area contributed by atoms with Crippen molar-refractivity contribution in [3.05, 3.63) is 0 Å². The first-order valence-electron chi connectivity index (χ1n) is 5.16. The van der Waals surface area contributed by atoms with Gasteiger partial charge in [-0.1, -0.05) is 6.92 Å². The Morgan fingerprint density at radius 2 is 2.31 bits per heavy atom. The van der Waals surface area contributed by atoms with Gasteiger partial charge in [-0.15, -0.1) is 0 Å². The lowest BCUT2D eigenvalue weighted by Gasteiger charge is -2.34. The molecular formula is C10H21NOS. The van der Waals surface area contributed by atoms with Gasteiger partial charge in [0.15, 0.2) is 0 Å². The molecule has 0 aromatic heterocycles. The largest absolute Gasteiger partial charge is 0.391 e. The Morgan fingerprint density at radius 1 is 1.62 bits per heavy atom. The van der Waals surface area contributed by atoms with Crippen LogP contribution in [0, 0.1) is 5.92 Å². The molecule has 1 aliphatic rings. The highest BCUT2D eigenvalue weighted by atomic mass is 32.2. The van der Waals surface area contributed by atoms with Crippen LogP contribution in [0.5, 0.6) is 0 Å². The highest BCUT2D eigenvalue weighted by Gasteiger charge is 2.39. The lowest BCUT2D eigenvalue weighted by atomic mass is 9.87. The molecule has 3 unspecified atom stereocenters. The smallest absolute Gasteiger partial charge is 0.0724 e. The molecule has 3 atom stereocenters. The third-order valence-corrected chi connectivity index (χ3v) is 4.75. The molecule has 0 aromatic rings. The van der Waals surface area contributed by atoms with Crippen LogP contribution in [-0.4, -0.2) is 28.3 Å². The van der Waals surface area contributed by atoms with Crippen molar-refractivity contribution in [1.82, 2.24) is 0 Å². The van der Waals surface area contributed by atoms with E-state index >= 15 is 0 Å². The van der Waals surface area contributed by atoms with Gasteiger partial charge in [-0.3, -0.25) is 0 Å². The van der Waals surface area contributed by atoms with E-state index < -0.39 is 0 Å². The molecule has 1 rings (SSSR count). The van der Waals surface area contributed by atoms with Crippen molar-refractivity contribution in [3.63, 3.8) is 0 Å². The first-order valence-corrected chi connectivity index (χ1v) is 6.14. The van der Waals surface area contributed by atoms with Gasteiger partial charge in [0.25, 0.3) is 0 Å². The van der Waals surface area contributed by atoms with Crippen molar-refractivity contribution in [2.45, 2.75) is 44.0 Å². The van der Waals surface area contributed by atoms with E-state index in [0.29, 0.717) is 6.54 Å². The minimum atomic E-state index is -0.227. The second-order valence-corrected chi connectivity index (χ2v) is 5.74. The molecule has 3 heteroatoms. The fraction of sp³-hybridized carbons (Fsp3) is 1.00. The molecule has 0 spiro atoms. The van der Waals surface area contributed by atoms with E-state index in [1.54, 1.807) is 0 Å². The summed E-state index contributed by atoms with van der Waals surface area (Å²) < 4.78 is 0.0695. The Hall–Kier alpha value is 0.270. The normalized spacial score (nSPS) is 33.2. The maximum absolute atomic E-state index is 10.2. The Morgan fingerprint density at radius 3 is 2.69 bits per heavy atom. The minimum absolute atomic E-state index is 0.0695. The van der Waals surface area contributed by atoms with Crippen LogP contribution >= 0.6 is 11.8 Å². The van der Waals surface area contributed by atoms with Gasteiger partial charge in [0.05, 0.1) is 6.10 Å². The van der Waals surface area contributed by atoms with Crippen molar-refractivity contribution in [2.75, 3.05) is 12.3 Å². The zero-order valence-electron chi connectivity index (χ0n) is 8.62. The molecule has 78 valence electrons. The third-order valence-electron chi connectivity index (χ3n) is 3.15. The van der Waals surface area contributed by atoms with Gasteiger partial charge in [0.1, 0.15) is 0 Å². The monoisotopic (exact) mass is 203 g/mol. The van der Waals surface area contributed by atoms with E-state index in [1.807, 2.05) is 11.8 Å². The fourth-order valence-electron chi connectivity index (χ4n) is 2.05. The fourth-order valence-corrected chi connectivity index (χ4v) is 3.46. The molecule has 0 aromatic carbocycles. The second kappa shape index (κ2) is 4.67. The Kier molecular flexibility index (Phi) is 4.07. The summed E-state index contributed by atoms with van der Waals surface area (Å²) >= 11 is 1.91. The van der Waals surface area contributed by atoms with E-state index in [4.69, 9.17) is 5.73 Å². The molecule has 1 fully saturated rings. The van der Waals surface area contributed by atoms with Crippen molar-refractivity contribution < 1.29 is 5.11 Å². The van der Waals surface area contributed by atoms with E-state index in [2.05, 4.69) is 13.8 Å². The summed E-state index contributed by atoms with van der Waals surface area (Å²) in [6.45, 7) is 4.88. The summed E-state index contributed by atoms with van der Waals surface area (Å²) in [6.07, 6.45) is 3.12. The van der Waals surface area contributed by atoms with Crippen molar-refractivity contribution >= 4 is 11.8 Å². The van der Waals surface area contributed by atoms with Gasteiger partial charge in [-0.05, 0) is 44.4 Å². The van der Waals surface area contributed by atoms with E-state index in [0.717, 1.165) is 12.8 Å². The Labute approximate surface area is 85.3 Å². The average Bonchev–Trinajstić information content (AvgIpc) is 2.55. The average molecular weight is 203 g/mol. The molecule has 13 heavy (non-hydrogen) atoms. The number of hydrogen-bond donors (Lipinski definition) is 2. The molecule has 1 heterocycles. The minimum Gasteiger partial charge on any atom is -0.391 e. The van der Waals surface area contributed by atoms with Crippen molar-refractivity contribution in [3.8, 4) is 0 Å². The SMILES string of the molecule is CCC(CN)C(O)C1(C)CCCS1. The van der Waals surface area contributed by atoms with Gasteiger partial charge >= 0.3 is 0 Å². The summed E-state index contributed by atoms with van der Waals surface area (Å²) in [5.74, 6) is 1.46. The quantitative estimate of drug-likeness (QED) is 0.730. The number of hydrogen-bond acceptors (Lipinski definition) is 3. The first kappa shape index (κ1) is 11.3. The molecule has 1 aliphatic heterocycles. The molecule has 0 bridgehead atoms. The Bertz CT molecular complexity index is 153. The highest BCUT2D eigenvalue weighted by molar-refractivity contribution is 8.00. The molecule has 0 amide bonds. The third kappa shape index (κ3) is 2.39. The molecule has 1 saturated heterocycles. The van der Waals surface area contributed by atoms with Gasteiger partial charge in [0, 0.05) is 4.75 Å². The molecule has 3 N–H and O–H groups in total. The van der Waals surface area contributed by atoms with Gasteiger partial charge < -0.3 is 10.8 Å². The molecule has 0 aliphatic carbocycles. The topological polar surface area (TPSA) is 46.2 Å². The first-order chi connectivity index (χ1) is 6.14. The van der Waals surface area contributed by atoms with Crippen LogP contribution in [0.15, 0.2) is 0 Å². The maximum Gasteiger partial charge on any atom is 0.0724 e. The van der Waals surface area contributed by atoms with Crippen LogP contribution in [0.4, 0.5) is 0 Å². The lowest BCUT2D eigenvalue weighted by molar-refractivity contribution is 0.0740. The summed E-state index contributed by atoms with van der Waals surface area (Å²) in [4.78, 5) is 0. The molecule has 0 saturated carbocycles. The lowest BCUT2D eigenvalue weighted by Crippen LogP contribution is -2.42. The number of aliphatic hydroxyl groups is 1.